The van der Waals surface area contributed by atoms with Gasteiger partial charge in [-0.1, -0.05) is 42.5 Å². The van der Waals surface area contributed by atoms with Crippen LogP contribution in [0.2, 0.25) is 10.3 Å². The molecule has 0 aliphatic heterocycles. The van der Waals surface area contributed by atoms with Gasteiger partial charge in [-0.05, 0) is 36.5 Å². The highest BCUT2D eigenvalue weighted by Crippen LogP contribution is 2.27. The Balaban J connectivity index is 1.75. The molecule has 0 spiro atoms. The number of rotatable bonds is 3. The Morgan fingerprint density at radius 3 is 2.45 bits per heavy atom. The van der Waals surface area contributed by atoms with E-state index in [2.05, 4.69) is 16.3 Å². The van der Waals surface area contributed by atoms with Crippen LogP contribution in [0.4, 0.5) is 0 Å². The zero-order valence-electron chi connectivity index (χ0n) is 11.2. The van der Waals surface area contributed by atoms with Crippen molar-refractivity contribution < 1.29 is 0 Å². The predicted molar refractivity (Wildman–Crippen MR) is 82.1 cm³/mol. The molecular formula is C15H17Cl2N3. The summed E-state index contributed by atoms with van der Waals surface area (Å²) in [6, 6.07) is 3.63. The molecule has 1 saturated carbocycles. The van der Waals surface area contributed by atoms with E-state index in [4.69, 9.17) is 23.2 Å². The van der Waals surface area contributed by atoms with E-state index in [1.165, 1.54) is 32.1 Å². The van der Waals surface area contributed by atoms with Crippen LogP contribution in [-0.2, 0) is 6.54 Å². The quantitative estimate of drug-likeness (QED) is 0.760. The number of pyridine rings is 1. The maximum atomic E-state index is 5.94. The highest BCUT2D eigenvalue weighted by atomic mass is 35.5. The van der Waals surface area contributed by atoms with Gasteiger partial charge in [-0.3, -0.25) is 4.68 Å². The Hall–Kier alpha value is -1.06. The van der Waals surface area contributed by atoms with Crippen LogP contribution in [0.3, 0.4) is 0 Å². The largest absolute Gasteiger partial charge is 0.272 e. The third-order valence-corrected chi connectivity index (χ3v) is 4.29. The van der Waals surface area contributed by atoms with Gasteiger partial charge in [0.25, 0.3) is 0 Å². The summed E-state index contributed by atoms with van der Waals surface area (Å²) in [5.41, 5.74) is 2.00. The molecule has 0 bridgehead atoms. The summed E-state index contributed by atoms with van der Waals surface area (Å²) in [5.74, 6) is 0.765. The van der Waals surface area contributed by atoms with Gasteiger partial charge in [-0.15, -0.1) is 0 Å². The first-order valence-corrected chi connectivity index (χ1v) is 7.82. The van der Waals surface area contributed by atoms with Crippen molar-refractivity contribution in [2.75, 3.05) is 0 Å². The fourth-order valence-corrected chi connectivity index (χ4v) is 3.34. The summed E-state index contributed by atoms with van der Waals surface area (Å²) in [7, 11) is 0. The first kappa shape index (κ1) is 13.9. The standard InChI is InChI=1S/C15H17Cl2N3/c16-14-6-12(7-15(17)19-14)13-8-18-20(10-13)9-11-4-2-1-3-5-11/h6-8,10-11H,1-5,9H2. The molecule has 2 heterocycles. The predicted octanol–water partition coefficient (Wildman–Crippen LogP) is 4.83. The molecular weight excluding hydrogens is 293 g/mol. The summed E-state index contributed by atoms with van der Waals surface area (Å²) in [5, 5.41) is 5.28. The molecule has 2 aromatic heterocycles. The van der Waals surface area contributed by atoms with Gasteiger partial charge < -0.3 is 0 Å². The molecule has 1 fully saturated rings. The van der Waals surface area contributed by atoms with E-state index in [9.17, 15) is 0 Å². The van der Waals surface area contributed by atoms with Crippen molar-refractivity contribution in [1.29, 1.82) is 0 Å². The smallest absolute Gasteiger partial charge is 0.131 e. The fourth-order valence-electron chi connectivity index (χ4n) is 2.88. The minimum atomic E-state index is 0.410. The van der Waals surface area contributed by atoms with Gasteiger partial charge in [0.15, 0.2) is 0 Å². The van der Waals surface area contributed by atoms with Gasteiger partial charge in [0.05, 0.1) is 6.20 Å². The summed E-state index contributed by atoms with van der Waals surface area (Å²) in [4.78, 5) is 3.96. The molecule has 1 aliphatic carbocycles. The van der Waals surface area contributed by atoms with Crippen molar-refractivity contribution in [3.05, 3.63) is 34.8 Å². The van der Waals surface area contributed by atoms with Crippen LogP contribution in [0.1, 0.15) is 32.1 Å². The van der Waals surface area contributed by atoms with Crippen LogP contribution < -0.4 is 0 Å². The van der Waals surface area contributed by atoms with Crippen molar-refractivity contribution in [1.82, 2.24) is 14.8 Å². The number of aromatic nitrogens is 3. The van der Waals surface area contributed by atoms with Crippen molar-refractivity contribution in [2.45, 2.75) is 38.6 Å². The van der Waals surface area contributed by atoms with Crippen LogP contribution in [0.15, 0.2) is 24.5 Å². The van der Waals surface area contributed by atoms with E-state index >= 15 is 0 Å². The average molecular weight is 310 g/mol. The maximum Gasteiger partial charge on any atom is 0.131 e. The Bertz CT molecular complexity index is 568. The number of nitrogens with zero attached hydrogens (tertiary/aromatic N) is 3. The summed E-state index contributed by atoms with van der Waals surface area (Å²) in [6.07, 6.45) is 10.7. The molecule has 5 heteroatoms. The van der Waals surface area contributed by atoms with Crippen molar-refractivity contribution in [2.24, 2.45) is 5.92 Å². The molecule has 0 saturated heterocycles. The Morgan fingerprint density at radius 1 is 1.05 bits per heavy atom. The van der Waals surface area contributed by atoms with Gasteiger partial charge in [-0.2, -0.15) is 5.10 Å². The molecule has 20 heavy (non-hydrogen) atoms. The van der Waals surface area contributed by atoms with E-state index in [1.807, 2.05) is 23.0 Å². The maximum absolute atomic E-state index is 5.94. The van der Waals surface area contributed by atoms with E-state index in [0.29, 0.717) is 10.3 Å². The highest BCUT2D eigenvalue weighted by molar-refractivity contribution is 6.32. The molecule has 3 rings (SSSR count). The van der Waals surface area contributed by atoms with Gasteiger partial charge in [0.2, 0.25) is 0 Å². The Kier molecular flexibility index (Phi) is 4.27. The Labute approximate surface area is 128 Å². The normalized spacial score (nSPS) is 16.5. The Morgan fingerprint density at radius 2 is 1.75 bits per heavy atom. The molecule has 2 aromatic rings. The topological polar surface area (TPSA) is 30.7 Å². The average Bonchev–Trinajstić information content (AvgIpc) is 2.87. The van der Waals surface area contributed by atoms with E-state index < -0.39 is 0 Å². The van der Waals surface area contributed by atoms with E-state index in [-0.39, 0.29) is 0 Å². The molecule has 1 aliphatic rings. The molecule has 0 amide bonds. The van der Waals surface area contributed by atoms with E-state index in [1.54, 1.807) is 0 Å². The van der Waals surface area contributed by atoms with Gasteiger partial charge in [0, 0.05) is 18.3 Å². The second kappa shape index (κ2) is 6.15. The molecule has 0 radical (unpaired) electrons. The number of hydrogen-bond acceptors (Lipinski definition) is 2. The lowest BCUT2D eigenvalue weighted by atomic mass is 9.89. The molecule has 3 nitrogen and oxygen atoms in total. The van der Waals surface area contributed by atoms with E-state index in [0.717, 1.165) is 23.6 Å². The molecule has 0 atom stereocenters. The van der Waals surface area contributed by atoms with Crippen LogP contribution in [0, 0.1) is 5.92 Å². The monoisotopic (exact) mass is 309 g/mol. The third-order valence-electron chi connectivity index (χ3n) is 3.90. The number of halogens is 2. The minimum Gasteiger partial charge on any atom is -0.272 e. The molecule has 0 unspecified atom stereocenters. The van der Waals surface area contributed by atoms with Gasteiger partial charge in [0.1, 0.15) is 10.3 Å². The summed E-state index contributed by atoms with van der Waals surface area (Å²) in [6.45, 7) is 1.01. The first-order chi connectivity index (χ1) is 9.70. The van der Waals surface area contributed by atoms with Crippen LogP contribution in [0.25, 0.3) is 11.1 Å². The highest BCUT2D eigenvalue weighted by Gasteiger charge is 2.14. The zero-order chi connectivity index (χ0) is 13.9. The minimum absolute atomic E-state index is 0.410. The van der Waals surface area contributed by atoms with Crippen LogP contribution >= 0.6 is 23.2 Å². The lowest BCUT2D eigenvalue weighted by molar-refractivity contribution is 0.308. The van der Waals surface area contributed by atoms with Crippen LogP contribution in [0.5, 0.6) is 0 Å². The number of hydrogen-bond donors (Lipinski definition) is 0. The fraction of sp³-hybridized carbons (Fsp3) is 0.467. The van der Waals surface area contributed by atoms with Crippen molar-refractivity contribution >= 4 is 23.2 Å². The summed E-state index contributed by atoms with van der Waals surface area (Å²) >= 11 is 11.9. The lowest BCUT2D eigenvalue weighted by Gasteiger charge is -2.21. The zero-order valence-corrected chi connectivity index (χ0v) is 12.7. The molecule has 0 N–H and O–H groups in total. The van der Waals surface area contributed by atoms with Crippen LogP contribution in [-0.4, -0.2) is 14.8 Å². The second-order valence-corrected chi connectivity index (χ2v) is 6.23. The first-order valence-electron chi connectivity index (χ1n) is 7.06. The second-order valence-electron chi connectivity index (χ2n) is 5.46. The lowest BCUT2D eigenvalue weighted by Crippen LogP contribution is -2.14. The van der Waals surface area contributed by atoms with Gasteiger partial charge in [-0.25, -0.2) is 4.98 Å². The summed E-state index contributed by atoms with van der Waals surface area (Å²) < 4.78 is 2.04. The third kappa shape index (κ3) is 3.33. The molecule has 106 valence electrons. The SMILES string of the molecule is Clc1cc(-c2cnn(CC3CCCCC3)c2)cc(Cl)n1. The molecule has 0 aromatic carbocycles. The van der Waals surface area contributed by atoms with Crippen molar-refractivity contribution in [3.63, 3.8) is 0 Å². The van der Waals surface area contributed by atoms with Gasteiger partial charge >= 0.3 is 0 Å². The van der Waals surface area contributed by atoms with Crippen molar-refractivity contribution in [3.8, 4) is 11.1 Å².